The monoisotopic (exact) mass is 490 g/mol. The van der Waals surface area contributed by atoms with Crippen molar-refractivity contribution in [1.82, 2.24) is 19.5 Å². The molecule has 0 amide bonds. The van der Waals surface area contributed by atoms with Gasteiger partial charge in [0.1, 0.15) is 5.75 Å². The maximum absolute atomic E-state index is 13.7. The van der Waals surface area contributed by atoms with Gasteiger partial charge in [-0.05, 0) is 60.7 Å². The van der Waals surface area contributed by atoms with Gasteiger partial charge < -0.3 is 14.2 Å². The van der Waals surface area contributed by atoms with Crippen molar-refractivity contribution in [2.75, 3.05) is 20.8 Å². The van der Waals surface area contributed by atoms with E-state index in [1.807, 2.05) is 12.1 Å². The average molecular weight is 491 g/mol. The van der Waals surface area contributed by atoms with Gasteiger partial charge in [-0.2, -0.15) is 4.98 Å². The van der Waals surface area contributed by atoms with E-state index in [-0.39, 0.29) is 11.6 Å². The Hall–Kier alpha value is -3.91. The summed E-state index contributed by atoms with van der Waals surface area (Å²) in [5, 5.41) is 0.483. The molecule has 0 unspecified atom stereocenters. The van der Waals surface area contributed by atoms with Gasteiger partial charge in [0.15, 0.2) is 0 Å². The van der Waals surface area contributed by atoms with Gasteiger partial charge in [-0.15, -0.1) is 0 Å². The predicted molar refractivity (Wildman–Crippen MR) is 133 cm³/mol. The molecule has 178 valence electrons. The number of hydrogen-bond acceptors (Lipinski definition) is 7. The minimum absolute atomic E-state index is 0.179. The number of pyridine rings is 2. The highest BCUT2D eigenvalue weighted by Crippen LogP contribution is 2.34. The van der Waals surface area contributed by atoms with Crippen molar-refractivity contribution in [3.63, 3.8) is 0 Å². The fraction of sp³-hybridized carbons (Fsp3) is 0.231. The molecule has 0 saturated heterocycles. The lowest BCUT2D eigenvalue weighted by Gasteiger charge is -2.15. The van der Waals surface area contributed by atoms with E-state index in [1.54, 1.807) is 49.1 Å². The minimum atomic E-state index is -0.231. The standard InChI is InChI=1S/C26H23ClN4O4/c1-33-24-23(13-29-26(30-24)34-2)18-10-22(25(32)31(14-18)20-4-3-7-28-12-20)17-8-19(27)11-21(9-17)35-15-16-5-6-16/h3-4,7-14,16H,5-6,15H2,1-2H3. The van der Waals surface area contributed by atoms with Gasteiger partial charge in [-0.3, -0.25) is 14.3 Å². The second-order valence-electron chi connectivity index (χ2n) is 8.24. The second-order valence-corrected chi connectivity index (χ2v) is 8.67. The Morgan fingerprint density at radius 1 is 1.06 bits per heavy atom. The van der Waals surface area contributed by atoms with Crippen molar-refractivity contribution in [2.45, 2.75) is 12.8 Å². The largest absolute Gasteiger partial charge is 0.493 e. The first-order valence-corrected chi connectivity index (χ1v) is 11.5. The maximum Gasteiger partial charge on any atom is 0.319 e. The topological polar surface area (TPSA) is 88.4 Å². The average Bonchev–Trinajstić information content (AvgIpc) is 3.72. The smallest absolute Gasteiger partial charge is 0.319 e. The van der Waals surface area contributed by atoms with Crippen molar-refractivity contribution in [3.05, 3.63) is 76.6 Å². The number of nitrogens with zero attached hydrogens (tertiary/aromatic N) is 4. The summed E-state index contributed by atoms with van der Waals surface area (Å²) in [6.07, 6.45) is 8.95. The zero-order chi connectivity index (χ0) is 24.4. The van der Waals surface area contributed by atoms with Crippen LogP contribution in [0.4, 0.5) is 0 Å². The summed E-state index contributed by atoms with van der Waals surface area (Å²) in [7, 11) is 3.00. The van der Waals surface area contributed by atoms with Gasteiger partial charge in [0, 0.05) is 34.7 Å². The van der Waals surface area contributed by atoms with Crippen LogP contribution in [0.25, 0.3) is 27.9 Å². The molecule has 1 aromatic carbocycles. The highest BCUT2D eigenvalue weighted by molar-refractivity contribution is 6.31. The molecule has 0 radical (unpaired) electrons. The molecule has 3 heterocycles. The molecule has 1 aliphatic carbocycles. The Bertz CT molecular complexity index is 1420. The molecule has 0 bridgehead atoms. The number of ether oxygens (including phenoxy) is 3. The van der Waals surface area contributed by atoms with Crippen molar-refractivity contribution in [3.8, 4) is 45.6 Å². The Kier molecular flexibility index (Phi) is 6.37. The molecule has 0 aliphatic heterocycles. The third-order valence-corrected chi connectivity index (χ3v) is 5.94. The molecular formula is C26H23ClN4O4. The van der Waals surface area contributed by atoms with E-state index in [0.717, 1.165) is 0 Å². The van der Waals surface area contributed by atoms with Crippen LogP contribution in [0.3, 0.4) is 0 Å². The predicted octanol–water partition coefficient (Wildman–Crippen LogP) is 4.82. The van der Waals surface area contributed by atoms with E-state index in [0.29, 0.717) is 57.1 Å². The molecular weight excluding hydrogens is 468 g/mol. The zero-order valence-electron chi connectivity index (χ0n) is 19.3. The Morgan fingerprint density at radius 2 is 1.91 bits per heavy atom. The van der Waals surface area contributed by atoms with Gasteiger partial charge in [-0.1, -0.05) is 11.6 Å². The Morgan fingerprint density at radius 3 is 2.63 bits per heavy atom. The Labute approximate surface area is 207 Å². The maximum atomic E-state index is 13.7. The Balaban J connectivity index is 1.69. The molecule has 1 saturated carbocycles. The molecule has 3 aromatic heterocycles. The van der Waals surface area contributed by atoms with E-state index in [1.165, 1.54) is 31.6 Å². The zero-order valence-corrected chi connectivity index (χ0v) is 20.0. The summed E-state index contributed by atoms with van der Waals surface area (Å²) in [5.41, 5.74) is 2.72. The van der Waals surface area contributed by atoms with Gasteiger partial charge in [0.05, 0.1) is 38.3 Å². The van der Waals surface area contributed by atoms with Crippen LogP contribution in [-0.2, 0) is 0 Å². The minimum Gasteiger partial charge on any atom is -0.493 e. The molecule has 35 heavy (non-hydrogen) atoms. The van der Waals surface area contributed by atoms with Gasteiger partial charge in [0.2, 0.25) is 5.88 Å². The molecule has 0 N–H and O–H groups in total. The van der Waals surface area contributed by atoms with Crippen LogP contribution in [0, 0.1) is 5.92 Å². The lowest BCUT2D eigenvalue weighted by Crippen LogP contribution is -2.20. The summed E-state index contributed by atoms with van der Waals surface area (Å²) in [5.74, 6) is 1.53. The van der Waals surface area contributed by atoms with Gasteiger partial charge in [-0.25, -0.2) is 4.98 Å². The fourth-order valence-corrected chi connectivity index (χ4v) is 3.95. The quantitative estimate of drug-likeness (QED) is 0.350. The van der Waals surface area contributed by atoms with Crippen LogP contribution in [0.15, 0.2) is 66.0 Å². The van der Waals surface area contributed by atoms with Gasteiger partial charge in [0.25, 0.3) is 5.56 Å². The SMILES string of the molecule is COc1ncc(-c2cc(-c3cc(Cl)cc(OCC4CC4)c3)c(=O)n(-c3cccnc3)c2)c(OC)n1. The fourth-order valence-electron chi connectivity index (χ4n) is 3.73. The van der Waals surface area contributed by atoms with E-state index in [4.69, 9.17) is 25.8 Å². The van der Waals surface area contributed by atoms with Crippen molar-refractivity contribution in [1.29, 1.82) is 0 Å². The first-order valence-electron chi connectivity index (χ1n) is 11.1. The van der Waals surface area contributed by atoms with E-state index >= 15 is 0 Å². The van der Waals surface area contributed by atoms with E-state index < -0.39 is 0 Å². The van der Waals surface area contributed by atoms with Crippen LogP contribution in [0.5, 0.6) is 17.6 Å². The molecule has 4 aromatic rings. The molecule has 8 nitrogen and oxygen atoms in total. The number of methoxy groups -OCH3 is 2. The van der Waals surface area contributed by atoms with Crippen molar-refractivity contribution < 1.29 is 14.2 Å². The van der Waals surface area contributed by atoms with Crippen LogP contribution in [0.1, 0.15) is 12.8 Å². The third-order valence-electron chi connectivity index (χ3n) is 5.72. The van der Waals surface area contributed by atoms with Crippen LogP contribution in [-0.4, -0.2) is 40.3 Å². The number of benzene rings is 1. The van der Waals surface area contributed by atoms with E-state index in [9.17, 15) is 4.79 Å². The molecule has 1 fully saturated rings. The molecule has 9 heteroatoms. The molecule has 1 aliphatic rings. The summed E-state index contributed by atoms with van der Waals surface area (Å²) >= 11 is 6.43. The van der Waals surface area contributed by atoms with Gasteiger partial charge >= 0.3 is 6.01 Å². The number of aromatic nitrogens is 4. The molecule has 5 rings (SSSR count). The lowest BCUT2D eigenvalue weighted by molar-refractivity contribution is 0.300. The molecule has 0 spiro atoms. The summed E-state index contributed by atoms with van der Waals surface area (Å²) < 4.78 is 18.1. The number of rotatable bonds is 8. The first-order chi connectivity index (χ1) is 17.1. The summed E-state index contributed by atoms with van der Waals surface area (Å²) in [4.78, 5) is 26.4. The summed E-state index contributed by atoms with van der Waals surface area (Å²) in [6.45, 7) is 0.639. The number of halogens is 1. The number of hydrogen-bond donors (Lipinski definition) is 0. The van der Waals surface area contributed by atoms with E-state index in [2.05, 4.69) is 15.0 Å². The van der Waals surface area contributed by atoms with Crippen molar-refractivity contribution >= 4 is 11.6 Å². The summed E-state index contributed by atoms with van der Waals surface area (Å²) in [6, 6.07) is 10.9. The van der Waals surface area contributed by atoms with Crippen molar-refractivity contribution in [2.24, 2.45) is 5.92 Å². The highest BCUT2D eigenvalue weighted by atomic mass is 35.5. The van der Waals surface area contributed by atoms with Crippen LogP contribution < -0.4 is 19.8 Å². The highest BCUT2D eigenvalue weighted by Gasteiger charge is 2.22. The third kappa shape index (κ3) is 4.97. The normalized spacial score (nSPS) is 12.9. The van der Waals surface area contributed by atoms with Crippen LogP contribution >= 0.6 is 11.6 Å². The first kappa shape index (κ1) is 22.9. The van der Waals surface area contributed by atoms with Crippen LogP contribution in [0.2, 0.25) is 5.02 Å². The molecule has 0 atom stereocenters. The second kappa shape index (κ2) is 9.76. The lowest BCUT2D eigenvalue weighted by atomic mass is 10.0.